The van der Waals surface area contributed by atoms with Crippen molar-refractivity contribution in [3.63, 3.8) is 0 Å². The molecule has 37 heavy (non-hydrogen) atoms. The Balaban J connectivity index is 1.47. The quantitative estimate of drug-likeness (QED) is 0.242. The van der Waals surface area contributed by atoms with Crippen molar-refractivity contribution in [1.29, 1.82) is 5.41 Å². The fourth-order valence-corrected chi connectivity index (χ4v) is 4.22. The third kappa shape index (κ3) is 5.69. The van der Waals surface area contributed by atoms with Gasteiger partial charge in [-0.1, -0.05) is 29.8 Å². The number of nitrogens with one attached hydrogen (secondary N) is 4. The van der Waals surface area contributed by atoms with Gasteiger partial charge in [0.25, 0.3) is 5.91 Å². The molecule has 0 aliphatic heterocycles. The molecule has 0 heterocycles. The highest BCUT2D eigenvalue weighted by atomic mass is 35.5. The Bertz CT molecular complexity index is 1300. The summed E-state index contributed by atoms with van der Waals surface area (Å²) in [5.74, 6) is -2.01. The molecular weight excluding hydrogens is 512 g/mol. The Kier molecular flexibility index (Phi) is 7.40. The fraction of sp³-hybridized carbons (Fsp3) is 0.269. The van der Waals surface area contributed by atoms with Gasteiger partial charge in [-0.2, -0.15) is 13.2 Å². The van der Waals surface area contributed by atoms with Crippen molar-refractivity contribution >= 4 is 41.0 Å². The summed E-state index contributed by atoms with van der Waals surface area (Å²) in [6.07, 6.45) is 0.841. The summed E-state index contributed by atoms with van der Waals surface area (Å²) >= 11 is 6.21. The van der Waals surface area contributed by atoms with Crippen molar-refractivity contribution in [1.82, 2.24) is 5.32 Å². The second-order valence-corrected chi connectivity index (χ2v) is 9.28. The van der Waals surface area contributed by atoms with Crippen LogP contribution in [0.15, 0.2) is 60.5 Å². The predicted molar refractivity (Wildman–Crippen MR) is 134 cm³/mol. The van der Waals surface area contributed by atoms with Gasteiger partial charge in [-0.25, -0.2) is 4.39 Å². The topological polar surface area (TPSA) is 94.1 Å². The normalized spacial score (nSPS) is 18.0. The number of benzene rings is 2. The molecule has 0 spiro atoms. The number of carbonyl (C=O) groups excluding carboxylic acids is 2. The molecule has 1 fully saturated rings. The van der Waals surface area contributed by atoms with E-state index >= 15 is 0 Å². The van der Waals surface area contributed by atoms with Crippen LogP contribution < -0.4 is 16.0 Å². The minimum absolute atomic E-state index is 0.0514. The van der Waals surface area contributed by atoms with Crippen LogP contribution in [0.25, 0.3) is 0 Å². The molecule has 1 atom stereocenters. The van der Waals surface area contributed by atoms with Gasteiger partial charge in [-0.15, -0.1) is 0 Å². The molecule has 0 radical (unpaired) electrons. The van der Waals surface area contributed by atoms with E-state index in [0.717, 1.165) is 6.21 Å². The predicted octanol–water partition coefficient (Wildman–Crippen LogP) is 6.14. The van der Waals surface area contributed by atoms with Crippen LogP contribution in [-0.4, -0.2) is 30.2 Å². The van der Waals surface area contributed by atoms with Crippen molar-refractivity contribution < 1.29 is 27.2 Å². The maximum absolute atomic E-state index is 13.2. The summed E-state index contributed by atoms with van der Waals surface area (Å²) in [7, 11) is 0. The summed E-state index contributed by atoms with van der Waals surface area (Å²) in [6, 6.07) is 9.13. The minimum Gasteiger partial charge on any atom is -0.378 e. The molecule has 2 aliphatic rings. The van der Waals surface area contributed by atoms with E-state index in [1.165, 1.54) is 30.4 Å². The number of amides is 2. The number of allylic oxidation sites excluding steroid dienone is 2. The zero-order valence-corrected chi connectivity index (χ0v) is 20.1. The third-order valence-electron chi connectivity index (χ3n) is 6.35. The van der Waals surface area contributed by atoms with Crippen LogP contribution >= 0.6 is 11.6 Å². The number of anilines is 2. The van der Waals surface area contributed by atoms with Crippen LogP contribution in [0.4, 0.5) is 28.9 Å². The van der Waals surface area contributed by atoms with E-state index in [4.69, 9.17) is 17.0 Å². The van der Waals surface area contributed by atoms with Gasteiger partial charge >= 0.3 is 6.18 Å². The van der Waals surface area contributed by atoms with Crippen LogP contribution in [-0.2, 0) is 11.3 Å². The smallest absolute Gasteiger partial charge is 0.378 e. The van der Waals surface area contributed by atoms with Gasteiger partial charge in [0, 0.05) is 30.1 Å². The van der Waals surface area contributed by atoms with Gasteiger partial charge in [-0.3, -0.25) is 9.59 Å². The van der Waals surface area contributed by atoms with E-state index < -0.39 is 23.4 Å². The SMILES string of the molecule is N=Cc1c(NC(=O)c2cc(CNC(=O)C3(C(F)(F)F)CC3)ccc2Cl)cccc1NC1C=CC(F)=CC1. The Hall–Kier alpha value is -3.66. The first-order chi connectivity index (χ1) is 17.5. The summed E-state index contributed by atoms with van der Waals surface area (Å²) in [5.41, 5.74) is -0.620. The van der Waals surface area contributed by atoms with E-state index in [2.05, 4.69) is 16.0 Å². The van der Waals surface area contributed by atoms with Gasteiger partial charge in [-0.05, 0) is 61.2 Å². The lowest BCUT2D eigenvalue weighted by molar-refractivity contribution is -0.192. The Labute approximate surface area is 215 Å². The first-order valence-corrected chi connectivity index (χ1v) is 11.8. The maximum Gasteiger partial charge on any atom is 0.403 e. The molecule has 194 valence electrons. The van der Waals surface area contributed by atoms with E-state index in [9.17, 15) is 27.2 Å². The second-order valence-electron chi connectivity index (χ2n) is 8.88. The number of hydrogen-bond donors (Lipinski definition) is 4. The first-order valence-electron chi connectivity index (χ1n) is 11.4. The summed E-state index contributed by atoms with van der Waals surface area (Å²) in [4.78, 5) is 25.2. The molecule has 6 nitrogen and oxygen atoms in total. The second kappa shape index (κ2) is 10.4. The van der Waals surface area contributed by atoms with Crippen LogP contribution in [0.3, 0.4) is 0 Å². The van der Waals surface area contributed by atoms with Gasteiger partial charge in [0.15, 0.2) is 0 Å². The van der Waals surface area contributed by atoms with Crippen molar-refractivity contribution in [3.8, 4) is 0 Å². The average molecular weight is 535 g/mol. The molecule has 1 saturated carbocycles. The molecule has 2 aliphatic carbocycles. The fourth-order valence-electron chi connectivity index (χ4n) is 4.02. The number of alkyl halides is 3. The van der Waals surface area contributed by atoms with Gasteiger partial charge in [0.1, 0.15) is 11.2 Å². The molecule has 2 aromatic rings. The third-order valence-corrected chi connectivity index (χ3v) is 6.68. The average Bonchev–Trinajstić information content (AvgIpc) is 3.67. The standard InChI is InChI=1S/C26H23ClF4N4O2/c27-20-9-4-15(14-33-24(37)25(10-11-25)26(29,30)31)12-18(20)23(36)35-22-3-1-2-21(19(22)13-32)34-17-7-5-16(28)6-8-17/h1-7,9,12-13,17,32,34H,8,10-11,14H2,(H,33,37)(H,35,36). The largest absolute Gasteiger partial charge is 0.403 e. The van der Waals surface area contributed by atoms with E-state index in [1.54, 1.807) is 24.3 Å². The van der Waals surface area contributed by atoms with E-state index in [0.29, 0.717) is 28.9 Å². The van der Waals surface area contributed by atoms with Gasteiger partial charge in [0.05, 0.1) is 16.3 Å². The summed E-state index contributed by atoms with van der Waals surface area (Å²) < 4.78 is 52.7. The maximum atomic E-state index is 13.2. The molecule has 0 aromatic heterocycles. The zero-order chi connectivity index (χ0) is 26.8. The summed E-state index contributed by atoms with van der Waals surface area (Å²) in [6.45, 7) is -0.205. The Morgan fingerprint density at radius 2 is 1.89 bits per heavy atom. The molecule has 11 heteroatoms. The van der Waals surface area contributed by atoms with Crippen LogP contribution in [0.5, 0.6) is 0 Å². The highest BCUT2D eigenvalue weighted by Gasteiger charge is 2.68. The highest BCUT2D eigenvalue weighted by Crippen LogP contribution is 2.57. The number of carbonyl (C=O) groups is 2. The highest BCUT2D eigenvalue weighted by molar-refractivity contribution is 6.34. The molecule has 0 bridgehead atoms. The van der Waals surface area contributed by atoms with Gasteiger partial charge < -0.3 is 21.4 Å². The van der Waals surface area contributed by atoms with E-state index in [1.807, 2.05) is 0 Å². The van der Waals surface area contributed by atoms with Crippen molar-refractivity contribution in [2.75, 3.05) is 10.6 Å². The minimum atomic E-state index is -4.61. The number of hydrogen-bond acceptors (Lipinski definition) is 4. The summed E-state index contributed by atoms with van der Waals surface area (Å²) in [5, 5.41) is 16.2. The van der Waals surface area contributed by atoms with Crippen LogP contribution in [0, 0.1) is 10.8 Å². The van der Waals surface area contributed by atoms with Crippen LogP contribution in [0.2, 0.25) is 5.02 Å². The Morgan fingerprint density at radius 1 is 1.16 bits per heavy atom. The van der Waals surface area contributed by atoms with Crippen molar-refractivity contribution in [3.05, 3.63) is 82.2 Å². The van der Waals surface area contributed by atoms with Crippen LogP contribution in [0.1, 0.15) is 40.7 Å². The molecular formula is C26H23ClF4N4O2. The lowest BCUT2D eigenvalue weighted by Crippen LogP contribution is -2.40. The van der Waals surface area contributed by atoms with Gasteiger partial charge in [0.2, 0.25) is 5.91 Å². The molecule has 4 rings (SSSR count). The number of rotatable bonds is 8. The molecule has 0 saturated heterocycles. The molecule has 2 aromatic carbocycles. The first kappa shape index (κ1) is 26.4. The zero-order valence-electron chi connectivity index (χ0n) is 19.4. The van der Waals surface area contributed by atoms with Crippen molar-refractivity contribution in [2.45, 2.75) is 38.0 Å². The Morgan fingerprint density at radius 3 is 2.51 bits per heavy atom. The number of halogens is 5. The van der Waals surface area contributed by atoms with Crippen molar-refractivity contribution in [2.24, 2.45) is 5.41 Å². The molecule has 1 unspecified atom stereocenters. The monoisotopic (exact) mass is 534 g/mol. The lowest BCUT2D eigenvalue weighted by Gasteiger charge is -2.20. The molecule has 4 N–H and O–H groups in total. The van der Waals surface area contributed by atoms with E-state index in [-0.39, 0.29) is 41.8 Å². The molecule has 2 amide bonds. The lowest BCUT2D eigenvalue weighted by atomic mass is 10.0.